The van der Waals surface area contributed by atoms with E-state index in [4.69, 9.17) is 4.74 Å². The molecule has 0 fully saturated rings. The number of aromatic nitrogens is 2. The van der Waals surface area contributed by atoms with E-state index in [1.54, 1.807) is 37.4 Å². The van der Waals surface area contributed by atoms with E-state index in [2.05, 4.69) is 15.5 Å². The number of aryl methyl sites for hydroxylation is 1. The van der Waals surface area contributed by atoms with Gasteiger partial charge in [0.05, 0.1) is 17.7 Å². The van der Waals surface area contributed by atoms with E-state index in [0.717, 1.165) is 26.7 Å². The summed E-state index contributed by atoms with van der Waals surface area (Å²) in [6.45, 7) is 3.31. The standard InChI is InChI=1S/C25H24N4O4S2/c1-17-8-7-11-22(18(17)2)29(35(31,32)21-9-5-4-6-10-21)16-23(30)26-25-28-27-24(34-25)19-12-14-20(33-3)15-13-19/h4-15H,16H2,1-3H3,(H,26,28,30). The fourth-order valence-corrected chi connectivity index (χ4v) is 5.70. The SMILES string of the molecule is COc1ccc(-c2nnc(NC(=O)CN(c3cccc(C)c3C)S(=O)(=O)c3ccccc3)s2)cc1. The third-order valence-corrected chi connectivity index (χ3v) is 8.13. The number of rotatable bonds is 8. The predicted octanol–water partition coefficient (Wildman–Crippen LogP) is 4.66. The van der Waals surface area contributed by atoms with Gasteiger partial charge >= 0.3 is 0 Å². The Morgan fingerprint density at radius 1 is 0.971 bits per heavy atom. The molecule has 0 radical (unpaired) electrons. The molecule has 4 aromatic rings. The van der Waals surface area contributed by atoms with Crippen molar-refractivity contribution in [3.8, 4) is 16.3 Å². The minimum absolute atomic E-state index is 0.103. The topological polar surface area (TPSA) is 101 Å². The third kappa shape index (κ3) is 5.33. The first-order valence-corrected chi connectivity index (χ1v) is 13.0. The minimum atomic E-state index is -4.00. The second kappa shape index (κ2) is 10.2. The zero-order chi connectivity index (χ0) is 25.0. The van der Waals surface area contributed by atoms with Gasteiger partial charge < -0.3 is 4.74 Å². The molecule has 1 heterocycles. The van der Waals surface area contributed by atoms with E-state index in [9.17, 15) is 13.2 Å². The van der Waals surface area contributed by atoms with Gasteiger partial charge in [-0.2, -0.15) is 0 Å². The number of benzene rings is 3. The van der Waals surface area contributed by atoms with Gasteiger partial charge in [0.1, 0.15) is 17.3 Å². The molecule has 3 aromatic carbocycles. The smallest absolute Gasteiger partial charge is 0.264 e. The molecule has 0 aliphatic heterocycles. The highest BCUT2D eigenvalue weighted by Crippen LogP contribution is 2.30. The number of ether oxygens (including phenoxy) is 1. The number of hydrogen-bond acceptors (Lipinski definition) is 7. The zero-order valence-electron chi connectivity index (χ0n) is 19.4. The van der Waals surface area contributed by atoms with Crippen molar-refractivity contribution in [2.24, 2.45) is 0 Å². The van der Waals surface area contributed by atoms with Crippen LogP contribution < -0.4 is 14.4 Å². The largest absolute Gasteiger partial charge is 0.497 e. The average Bonchev–Trinajstić information content (AvgIpc) is 3.33. The van der Waals surface area contributed by atoms with Gasteiger partial charge in [-0.3, -0.25) is 14.4 Å². The van der Waals surface area contributed by atoms with Crippen LogP contribution in [0.2, 0.25) is 0 Å². The second-order valence-electron chi connectivity index (χ2n) is 7.73. The Morgan fingerprint density at radius 3 is 2.37 bits per heavy atom. The summed E-state index contributed by atoms with van der Waals surface area (Å²) < 4.78 is 33.4. The molecule has 4 rings (SSSR count). The monoisotopic (exact) mass is 508 g/mol. The van der Waals surface area contributed by atoms with Crippen molar-refractivity contribution >= 4 is 38.1 Å². The highest BCUT2D eigenvalue weighted by atomic mass is 32.2. The molecule has 0 atom stereocenters. The zero-order valence-corrected chi connectivity index (χ0v) is 21.1. The van der Waals surface area contributed by atoms with Crippen LogP contribution in [0.15, 0.2) is 77.7 Å². The maximum Gasteiger partial charge on any atom is 0.264 e. The van der Waals surface area contributed by atoms with Crippen molar-refractivity contribution < 1.29 is 17.9 Å². The van der Waals surface area contributed by atoms with Crippen LogP contribution in [0.25, 0.3) is 10.6 Å². The van der Waals surface area contributed by atoms with Crippen molar-refractivity contribution in [3.63, 3.8) is 0 Å². The fourth-order valence-electron chi connectivity index (χ4n) is 3.44. The van der Waals surface area contributed by atoms with Crippen LogP contribution >= 0.6 is 11.3 Å². The molecule has 180 valence electrons. The van der Waals surface area contributed by atoms with E-state index in [1.807, 2.05) is 44.2 Å². The Bertz CT molecular complexity index is 1440. The minimum Gasteiger partial charge on any atom is -0.497 e. The Hall–Kier alpha value is -3.76. The molecule has 10 heteroatoms. The van der Waals surface area contributed by atoms with Gasteiger partial charge in [0, 0.05) is 5.56 Å². The van der Waals surface area contributed by atoms with Gasteiger partial charge in [-0.25, -0.2) is 8.42 Å². The molecular weight excluding hydrogens is 484 g/mol. The van der Waals surface area contributed by atoms with Crippen LogP contribution in [-0.2, 0) is 14.8 Å². The van der Waals surface area contributed by atoms with Crippen LogP contribution in [-0.4, -0.2) is 38.2 Å². The first kappa shape index (κ1) is 24.4. The lowest BCUT2D eigenvalue weighted by Gasteiger charge is -2.26. The average molecular weight is 509 g/mol. The number of nitrogens with one attached hydrogen (secondary N) is 1. The van der Waals surface area contributed by atoms with Crippen LogP contribution in [0.4, 0.5) is 10.8 Å². The molecule has 0 spiro atoms. The van der Waals surface area contributed by atoms with Gasteiger partial charge in [-0.15, -0.1) is 10.2 Å². The molecule has 8 nitrogen and oxygen atoms in total. The Balaban J connectivity index is 1.59. The summed E-state index contributed by atoms with van der Waals surface area (Å²) >= 11 is 1.20. The molecule has 35 heavy (non-hydrogen) atoms. The summed E-state index contributed by atoms with van der Waals surface area (Å²) in [5, 5.41) is 11.8. The van der Waals surface area contributed by atoms with E-state index >= 15 is 0 Å². The molecule has 0 saturated heterocycles. The van der Waals surface area contributed by atoms with E-state index < -0.39 is 22.5 Å². The summed E-state index contributed by atoms with van der Waals surface area (Å²) in [5.41, 5.74) is 2.97. The summed E-state index contributed by atoms with van der Waals surface area (Å²) in [4.78, 5) is 13.1. The van der Waals surface area contributed by atoms with Crippen LogP contribution in [0.5, 0.6) is 5.75 Å². The summed E-state index contributed by atoms with van der Waals surface area (Å²) in [7, 11) is -2.41. The Kier molecular flexibility index (Phi) is 7.13. The highest BCUT2D eigenvalue weighted by molar-refractivity contribution is 7.92. The molecule has 0 unspecified atom stereocenters. The highest BCUT2D eigenvalue weighted by Gasteiger charge is 2.28. The maximum atomic E-state index is 13.5. The number of sulfonamides is 1. The third-order valence-electron chi connectivity index (χ3n) is 5.47. The van der Waals surface area contributed by atoms with E-state index in [-0.39, 0.29) is 10.0 Å². The number of amides is 1. The molecule has 0 aliphatic carbocycles. The van der Waals surface area contributed by atoms with Crippen LogP contribution in [0.1, 0.15) is 11.1 Å². The van der Waals surface area contributed by atoms with Crippen molar-refractivity contribution in [1.29, 1.82) is 0 Å². The maximum absolute atomic E-state index is 13.5. The fraction of sp³-hybridized carbons (Fsp3) is 0.160. The first-order chi connectivity index (χ1) is 16.8. The molecule has 0 bridgehead atoms. The number of anilines is 2. The first-order valence-electron chi connectivity index (χ1n) is 10.7. The number of hydrogen-bond donors (Lipinski definition) is 1. The molecular formula is C25H24N4O4S2. The molecule has 0 saturated carbocycles. The van der Waals surface area contributed by atoms with Crippen molar-refractivity contribution in [1.82, 2.24) is 10.2 Å². The van der Waals surface area contributed by atoms with Gasteiger partial charge in [-0.1, -0.05) is 41.7 Å². The second-order valence-corrected chi connectivity index (χ2v) is 10.6. The number of nitrogens with zero attached hydrogens (tertiary/aromatic N) is 3. The molecule has 1 aromatic heterocycles. The molecule has 1 N–H and O–H groups in total. The summed E-state index contributed by atoms with van der Waals surface area (Å²) in [6, 6.07) is 20.7. The number of carbonyl (C=O) groups is 1. The van der Waals surface area contributed by atoms with Gasteiger partial charge in [-0.05, 0) is 67.4 Å². The quantitative estimate of drug-likeness (QED) is 0.371. The summed E-state index contributed by atoms with van der Waals surface area (Å²) in [5.74, 6) is 0.195. The molecule has 1 amide bonds. The van der Waals surface area contributed by atoms with Gasteiger partial charge in [0.2, 0.25) is 11.0 Å². The Labute approximate surface area is 208 Å². The lowest BCUT2D eigenvalue weighted by Crippen LogP contribution is -2.38. The van der Waals surface area contributed by atoms with E-state index in [0.29, 0.717) is 10.7 Å². The number of methoxy groups -OCH3 is 1. The van der Waals surface area contributed by atoms with Crippen molar-refractivity contribution in [2.45, 2.75) is 18.7 Å². The van der Waals surface area contributed by atoms with Crippen molar-refractivity contribution in [2.75, 3.05) is 23.3 Å². The normalized spacial score (nSPS) is 11.2. The van der Waals surface area contributed by atoms with Crippen LogP contribution in [0, 0.1) is 13.8 Å². The van der Waals surface area contributed by atoms with Crippen LogP contribution in [0.3, 0.4) is 0 Å². The molecule has 0 aliphatic rings. The van der Waals surface area contributed by atoms with Gasteiger partial charge in [0.15, 0.2) is 0 Å². The lowest BCUT2D eigenvalue weighted by atomic mass is 10.1. The predicted molar refractivity (Wildman–Crippen MR) is 137 cm³/mol. The van der Waals surface area contributed by atoms with Crippen molar-refractivity contribution in [3.05, 3.63) is 83.9 Å². The number of carbonyl (C=O) groups excluding carboxylic acids is 1. The van der Waals surface area contributed by atoms with E-state index in [1.165, 1.54) is 23.5 Å². The summed E-state index contributed by atoms with van der Waals surface area (Å²) in [6.07, 6.45) is 0. The van der Waals surface area contributed by atoms with Gasteiger partial charge in [0.25, 0.3) is 10.0 Å². The Morgan fingerprint density at radius 2 is 1.69 bits per heavy atom. The lowest BCUT2D eigenvalue weighted by molar-refractivity contribution is -0.114.